The van der Waals surface area contributed by atoms with E-state index in [1.807, 2.05) is 18.0 Å². The van der Waals surface area contributed by atoms with E-state index in [0.717, 1.165) is 42.9 Å². The quantitative estimate of drug-likeness (QED) is 0.776. The lowest BCUT2D eigenvalue weighted by Crippen LogP contribution is -2.42. The Labute approximate surface area is 113 Å². The molecule has 4 heteroatoms. The fraction of sp³-hybridized carbons (Fsp3) is 0.667. The lowest BCUT2D eigenvalue weighted by atomic mass is 9.94. The van der Waals surface area contributed by atoms with Gasteiger partial charge in [0.05, 0.1) is 5.41 Å². The van der Waals surface area contributed by atoms with Crippen LogP contribution in [0, 0.1) is 6.92 Å². The number of hydrogen-bond acceptors (Lipinski definition) is 3. The average Bonchev–Trinajstić information content (AvgIpc) is 3.17. The van der Waals surface area contributed by atoms with Crippen LogP contribution in [0.3, 0.4) is 0 Å². The van der Waals surface area contributed by atoms with E-state index in [0.29, 0.717) is 11.9 Å². The Morgan fingerprint density at radius 3 is 2.68 bits per heavy atom. The smallest absolute Gasteiger partial charge is 0.239 e. The molecule has 1 aromatic rings. The van der Waals surface area contributed by atoms with E-state index in [1.165, 1.54) is 19.3 Å². The Hall–Kier alpha value is -1.45. The van der Waals surface area contributed by atoms with Crippen LogP contribution in [0.25, 0.3) is 0 Å². The van der Waals surface area contributed by atoms with Crippen LogP contribution in [0.5, 0.6) is 0 Å². The van der Waals surface area contributed by atoms with Gasteiger partial charge < -0.3 is 0 Å². The van der Waals surface area contributed by atoms with E-state index >= 15 is 0 Å². The Morgan fingerprint density at radius 2 is 2.00 bits per heavy atom. The van der Waals surface area contributed by atoms with Gasteiger partial charge in [-0.25, -0.2) is 9.97 Å². The number of carbonyl (C=O) groups excluding carboxylic acids is 1. The minimum atomic E-state index is -0.236. The molecule has 1 aromatic heterocycles. The van der Waals surface area contributed by atoms with Gasteiger partial charge in [-0.3, -0.25) is 9.69 Å². The number of rotatable bonds is 1. The Bertz CT molecular complexity index is 544. The summed E-state index contributed by atoms with van der Waals surface area (Å²) in [6, 6.07) is 0.370. The van der Waals surface area contributed by atoms with Gasteiger partial charge in [0.25, 0.3) is 0 Å². The molecule has 1 spiro atoms. The van der Waals surface area contributed by atoms with Crippen LogP contribution < -0.4 is 4.90 Å². The molecule has 2 heterocycles. The number of fused-ring (bicyclic) bond motifs is 2. The van der Waals surface area contributed by atoms with Gasteiger partial charge in [0.15, 0.2) is 0 Å². The zero-order valence-corrected chi connectivity index (χ0v) is 11.4. The summed E-state index contributed by atoms with van der Waals surface area (Å²) < 4.78 is 0. The van der Waals surface area contributed by atoms with Crippen LogP contribution in [-0.2, 0) is 10.2 Å². The van der Waals surface area contributed by atoms with Crippen LogP contribution >= 0.6 is 0 Å². The van der Waals surface area contributed by atoms with Crippen molar-refractivity contribution in [2.75, 3.05) is 4.90 Å². The minimum Gasteiger partial charge on any atom is -0.293 e. The molecule has 0 bridgehead atoms. The zero-order valence-electron chi connectivity index (χ0n) is 11.4. The summed E-state index contributed by atoms with van der Waals surface area (Å²) in [5.41, 5.74) is 0.856. The maximum Gasteiger partial charge on any atom is 0.239 e. The van der Waals surface area contributed by atoms with Crippen LogP contribution in [0.4, 0.5) is 5.82 Å². The molecule has 4 nitrogen and oxygen atoms in total. The highest BCUT2D eigenvalue weighted by Crippen LogP contribution is 2.57. The molecule has 19 heavy (non-hydrogen) atoms. The third-order valence-corrected chi connectivity index (χ3v) is 4.95. The van der Waals surface area contributed by atoms with Gasteiger partial charge >= 0.3 is 0 Å². The van der Waals surface area contributed by atoms with Crippen molar-refractivity contribution in [1.29, 1.82) is 0 Å². The molecular weight excluding hydrogens is 238 g/mol. The van der Waals surface area contributed by atoms with E-state index in [1.54, 1.807) is 0 Å². The summed E-state index contributed by atoms with van der Waals surface area (Å²) in [4.78, 5) is 23.7. The summed E-state index contributed by atoms with van der Waals surface area (Å²) in [5, 5.41) is 0. The summed E-state index contributed by atoms with van der Waals surface area (Å²) in [7, 11) is 0. The van der Waals surface area contributed by atoms with Crippen LogP contribution in [0.2, 0.25) is 0 Å². The highest BCUT2D eigenvalue weighted by atomic mass is 16.2. The maximum absolute atomic E-state index is 12.8. The van der Waals surface area contributed by atoms with E-state index in [-0.39, 0.29) is 5.41 Å². The first-order chi connectivity index (χ1) is 9.22. The SMILES string of the molecule is Cc1ncc2c(n1)N(C1CCCCC1)C(=O)C21CC1. The number of amides is 1. The standard InChI is InChI=1S/C15H19N3O/c1-10-16-9-12-13(17-10)18(11-5-3-2-4-6-11)14(19)15(12)7-8-15/h9,11H,2-8H2,1H3. The van der Waals surface area contributed by atoms with E-state index < -0.39 is 0 Å². The number of anilines is 1. The Balaban J connectivity index is 1.79. The molecule has 2 fully saturated rings. The van der Waals surface area contributed by atoms with E-state index in [2.05, 4.69) is 9.97 Å². The van der Waals surface area contributed by atoms with Crippen molar-refractivity contribution in [2.45, 2.75) is 63.3 Å². The number of hydrogen-bond donors (Lipinski definition) is 0. The topological polar surface area (TPSA) is 46.1 Å². The van der Waals surface area contributed by atoms with Crippen molar-refractivity contribution in [2.24, 2.45) is 0 Å². The third-order valence-electron chi connectivity index (χ3n) is 4.95. The van der Waals surface area contributed by atoms with Crippen molar-refractivity contribution < 1.29 is 4.79 Å². The van der Waals surface area contributed by atoms with Crippen molar-refractivity contribution in [3.8, 4) is 0 Å². The fourth-order valence-electron chi connectivity index (χ4n) is 3.71. The molecule has 0 unspecified atom stereocenters. The van der Waals surface area contributed by atoms with Crippen LogP contribution in [-0.4, -0.2) is 21.9 Å². The molecule has 0 aromatic carbocycles. The second-order valence-corrected chi connectivity index (χ2v) is 6.20. The first-order valence-corrected chi connectivity index (χ1v) is 7.40. The van der Waals surface area contributed by atoms with Crippen molar-refractivity contribution in [1.82, 2.24) is 9.97 Å². The Kier molecular flexibility index (Phi) is 2.26. The van der Waals surface area contributed by atoms with Crippen LogP contribution in [0.1, 0.15) is 56.3 Å². The predicted molar refractivity (Wildman–Crippen MR) is 72.0 cm³/mol. The molecule has 1 amide bonds. The van der Waals surface area contributed by atoms with Gasteiger partial charge in [-0.2, -0.15) is 0 Å². The number of aryl methyl sites for hydroxylation is 1. The molecule has 0 saturated heterocycles. The monoisotopic (exact) mass is 257 g/mol. The second kappa shape index (κ2) is 3.78. The van der Waals surface area contributed by atoms with Crippen molar-refractivity contribution in [3.05, 3.63) is 17.6 Å². The third kappa shape index (κ3) is 1.49. The van der Waals surface area contributed by atoms with Gasteiger partial charge in [-0.1, -0.05) is 19.3 Å². The molecular formula is C15H19N3O. The summed E-state index contributed by atoms with van der Waals surface area (Å²) in [6.07, 6.45) is 9.89. The first kappa shape index (κ1) is 11.4. The normalized spacial score (nSPS) is 24.9. The molecule has 4 rings (SSSR count). The molecule has 100 valence electrons. The van der Waals surface area contributed by atoms with Crippen molar-refractivity contribution in [3.63, 3.8) is 0 Å². The number of nitrogens with zero attached hydrogens (tertiary/aromatic N) is 3. The van der Waals surface area contributed by atoms with Crippen LogP contribution in [0.15, 0.2) is 6.20 Å². The Morgan fingerprint density at radius 1 is 1.26 bits per heavy atom. The highest BCUT2D eigenvalue weighted by molar-refractivity contribution is 6.09. The van der Waals surface area contributed by atoms with Gasteiger partial charge in [0.2, 0.25) is 5.91 Å². The molecule has 2 aliphatic carbocycles. The molecule has 3 aliphatic rings. The molecule has 2 saturated carbocycles. The van der Waals surface area contributed by atoms with Gasteiger partial charge in [-0.15, -0.1) is 0 Å². The highest BCUT2D eigenvalue weighted by Gasteiger charge is 2.61. The molecule has 1 aliphatic heterocycles. The lowest BCUT2D eigenvalue weighted by molar-refractivity contribution is -0.120. The summed E-state index contributed by atoms with van der Waals surface area (Å²) in [6.45, 7) is 1.90. The van der Waals surface area contributed by atoms with Gasteiger partial charge in [0.1, 0.15) is 11.6 Å². The maximum atomic E-state index is 12.8. The zero-order chi connectivity index (χ0) is 13.0. The molecule has 0 atom stereocenters. The summed E-state index contributed by atoms with van der Waals surface area (Å²) >= 11 is 0. The van der Waals surface area contributed by atoms with E-state index in [9.17, 15) is 4.79 Å². The lowest BCUT2D eigenvalue weighted by Gasteiger charge is -2.31. The predicted octanol–water partition coefficient (Wildman–Crippen LogP) is 2.50. The van der Waals surface area contributed by atoms with E-state index in [4.69, 9.17) is 0 Å². The number of carbonyl (C=O) groups is 1. The molecule has 0 N–H and O–H groups in total. The fourth-order valence-corrected chi connectivity index (χ4v) is 3.71. The van der Waals surface area contributed by atoms with Crippen molar-refractivity contribution >= 4 is 11.7 Å². The largest absolute Gasteiger partial charge is 0.293 e. The summed E-state index contributed by atoms with van der Waals surface area (Å²) in [5.74, 6) is 1.99. The van der Waals surface area contributed by atoms with Gasteiger partial charge in [-0.05, 0) is 32.6 Å². The average molecular weight is 257 g/mol. The minimum absolute atomic E-state index is 0.236. The first-order valence-electron chi connectivity index (χ1n) is 7.40. The second-order valence-electron chi connectivity index (χ2n) is 6.20. The van der Waals surface area contributed by atoms with Gasteiger partial charge in [0, 0.05) is 17.8 Å². The molecule has 0 radical (unpaired) electrons. The number of aromatic nitrogens is 2.